The number of carbonyl (C=O) groups excluding carboxylic acids is 3. The Balaban J connectivity index is 1.46. The number of fused-ring (bicyclic) bond motifs is 5. The molecule has 0 aromatic heterocycles. The van der Waals surface area contributed by atoms with Gasteiger partial charge in [0.05, 0.1) is 24.0 Å². The maximum Gasteiger partial charge on any atom is 0.330 e. The number of hydrogen-bond acceptors (Lipinski definition) is 5. The fraction of sp³-hybridized carbons (Fsp3) is 0.444. The van der Waals surface area contributed by atoms with Crippen molar-refractivity contribution in [1.29, 1.82) is 0 Å². The summed E-state index contributed by atoms with van der Waals surface area (Å²) >= 11 is 0. The molecule has 3 fully saturated rings. The molecule has 2 N–H and O–H groups in total. The summed E-state index contributed by atoms with van der Waals surface area (Å²) in [4.78, 5) is 49.8. The van der Waals surface area contributed by atoms with Gasteiger partial charge in [-0.2, -0.15) is 0 Å². The van der Waals surface area contributed by atoms with Crippen molar-refractivity contribution in [2.24, 2.45) is 11.8 Å². The molecule has 3 aliphatic rings. The molecule has 0 spiro atoms. The average Bonchev–Trinajstić information content (AvgIpc) is 3.30. The molecule has 1 aromatic carbocycles. The molecule has 3 aliphatic heterocycles. The highest BCUT2D eigenvalue weighted by Gasteiger charge is 2.62. The van der Waals surface area contributed by atoms with Crippen molar-refractivity contribution in [3.05, 3.63) is 35.9 Å². The second-order valence-corrected chi connectivity index (χ2v) is 6.85. The number of amides is 3. The lowest BCUT2D eigenvalue weighted by molar-refractivity contribution is -0.146. The van der Waals surface area contributed by atoms with Gasteiger partial charge in [-0.1, -0.05) is 30.3 Å². The van der Waals surface area contributed by atoms with Crippen molar-refractivity contribution < 1.29 is 29.0 Å². The number of carboxylic acids is 1. The summed E-state index contributed by atoms with van der Waals surface area (Å²) in [5.74, 6) is -3.69. The number of hydrogen-bond donors (Lipinski definition) is 2. The SMILES string of the molecule is O=C(CN1C(=O)C2C3CCC(O3)C2C1=O)N[C@H](C(=O)O)c1ccccc1. The monoisotopic (exact) mass is 358 g/mol. The molecule has 136 valence electrons. The molecule has 8 heteroatoms. The topological polar surface area (TPSA) is 113 Å². The average molecular weight is 358 g/mol. The van der Waals surface area contributed by atoms with E-state index in [1.165, 1.54) is 0 Å². The predicted octanol–water partition coefficient (Wildman–Crippen LogP) is 0.0909. The molecule has 26 heavy (non-hydrogen) atoms. The standard InChI is InChI=1S/C18H18N2O6/c21-12(19-15(18(24)25)9-4-2-1-3-5-9)8-20-16(22)13-10-6-7-11(26-10)14(13)17(20)23/h1-5,10-11,13-15H,6-8H2,(H,19,21)(H,24,25)/t10?,11?,13?,14?,15-/m0/s1. The lowest BCUT2D eigenvalue weighted by atomic mass is 9.81. The van der Waals surface area contributed by atoms with E-state index in [0.717, 1.165) is 17.7 Å². The molecule has 3 saturated heterocycles. The van der Waals surface area contributed by atoms with Crippen LogP contribution < -0.4 is 5.32 Å². The highest BCUT2D eigenvalue weighted by atomic mass is 16.5. The molecule has 8 nitrogen and oxygen atoms in total. The van der Waals surface area contributed by atoms with E-state index in [-0.39, 0.29) is 12.2 Å². The Morgan fingerprint density at radius 3 is 2.23 bits per heavy atom. The molecule has 2 bridgehead atoms. The van der Waals surface area contributed by atoms with E-state index in [2.05, 4.69) is 5.32 Å². The smallest absolute Gasteiger partial charge is 0.330 e. The summed E-state index contributed by atoms with van der Waals surface area (Å²) in [7, 11) is 0. The lowest BCUT2D eigenvalue weighted by Crippen LogP contribution is -2.44. The summed E-state index contributed by atoms with van der Waals surface area (Å²) in [6.07, 6.45) is 1.01. The Labute approximate surface area is 149 Å². The summed E-state index contributed by atoms with van der Waals surface area (Å²) < 4.78 is 5.64. The first-order valence-corrected chi connectivity index (χ1v) is 8.55. The summed E-state index contributed by atoms with van der Waals surface area (Å²) in [6.45, 7) is -0.472. The first-order valence-electron chi connectivity index (χ1n) is 8.55. The maximum atomic E-state index is 12.5. The highest BCUT2D eigenvalue weighted by Crippen LogP contribution is 2.48. The number of rotatable bonds is 5. The van der Waals surface area contributed by atoms with Crippen LogP contribution in [0.15, 0.2) is 30.3 Å². The van der Waals surface area contributed by atoms with Crippen molar-refractivity contribution in [3.8, 4) is 0 Å². The van der Waals surface area contributed by atoms with Crippen LogP contribution >= 0.6 is 0 Å². The molecule has 5 atom stereocenters. The van der Waals surface area contributed by atoms with Gasteiger partial charge in [-0.05, 0) is 18.4 Å². The number of likely N-dealkylation sites (tertiary alicyclic amines) is 1. The van der Waals surface area contributed by atoms with E-state index in [0.29, 0.717) is 5.56 Å². The molecular formula is C18H18N2O6. The van der Waals surface area contributed by atoms with Crippen LogP contribution in [0.25, 0.3) is 0 Å². The van der Waals surface area contributed by atoms with E-state index in [1.807, 2.05) is 0 Å². The second-order valence-electron chi connectivity index (χ2n) is 6.85. The van der Waals surface area contributed by atoms with Crippen LogP contribution in [0.5, 0.6) is 0 Å². The van der Waals surface area contributed by atoms with E-state index < -0.39 is 48.1 Å². The van der Waals surface area contributed by atoms with Crippen LogP contribution in [0.1, 0.15) is 24.4 Å². The molecular weight excluding hydrogens is 340 g/mol. The van der Waals surface area contributed by atoms with Crippen molar-refractivity contribution in [2.45, 2.75) is 31.1 Å². The normalized spacial score (nSPS) is 30.4. The predicted molar refractivity (Wildman–Crippen MR) is 86.6 cm³/mol. The Morgan fingerprint density at radius 1 is 1.12 bits per heavy atom. The van der Waals surface area contributed by atoms with Gasteiger partial charge in [0, 0.05) is 0 Å². The maximum absolute atomic E-state index is 12.5. The van der Waals surface area contributed by atoms with Crippen LogP contribution in [-0.2, 0) is 23.9 Å². The van der Waals surface area contributed by atoms with Gasteiger partial charge in [-0.25, -0.2) is 4.79 Å². The van der Waals surface area contributed by atoms with Crippen LogP contribution in [0.2, 0.25) is 0 Å². The number of aliphatic carboxylic acids is 1. The van der Waals surface area contributed by atoms with Crippen LogP contribution in [0.3, 0.4) is 0 Å². The Bertz CT molecular complexity index is 751. The molecule has 1 aromatic rings. The molecule has 4 rings (SSSR count). The number of carboxylic acid groups (broad SMARTS) is 1. The van der Waals surface area contributed by atoms with E-state index in [4.69, 9.17) is 4.74 Å². The minimum Gasteiger partial charge on any atom is -0.479 e. The van der Waals surface area contributed by atoms with Gasteiger partial charge in [0.1, 0.15) is 6.54 Å². The van der Waals surface area contributed by atoms with Crippen molar-refractivity contribution >= 4 is 23.7 Å². The van der Waals surface area contributed by atoms with Crippen molar-refractivity contribution in [3.63, 3.8) is 0 Å². The quantitative estimate of drug-likeness (QED) is 0.722. The van der Waals surface area contributed by atoms with Crippen molar-refractivity contribution in [2.75, 3.05) is 6.54 Å². The number of carbonyl (C=O) groups is 4. The van der Waals surface area contributed by atoms with Gasteiger partial charge >= 0.3 is 5.97 Å². The van der Waals surface area contributed by atoms with Gasteiger partial charge in [0.25, 0.3) is 0 Å². The summed E-state index contributed by atoms with van der Waals surface area (Å²) in [5.41, 5.74) is 0.413. The number of nitrogens with one attached hydrogen (secondary N) is 1. The zero-order chi connectivity index (χ0) is 18.4. The number of nitrogens with zero attached hydrogens (tertiary/aromatic N) is 1. The zero-order valence-electron chi connectivity index (χ0n) is 13.8. The highest BCUT2D eigenvalue weighted by molar-refractivity contribution is 6.08. The summed E-state index contributed by atoms with van der Waals surface area (Å²) in [6, 6.07) is 7.01. The van der Waals surface area contributed by atoms with Gasteiger partial charge in [-0.3, -0.25) is 19.3 Å². The minimum absolute atomic E-state index is 0.245. The van der Waals surface area contributed by atoms with E-state index >= 15 is 0 Å². The van der Waals surface area contributed by atoms with Gasteiger partial charge in [0.15, 0.2) is 6.04 Å². The zero-order valence-corrected chi connectivity index (χ0v) is 13.8. The third-order valence-electron chi connectivity index (χ3n) is 5.36. The fourth-order valence-electron chi connectivity index (χ4n) is 4.21. The Morgan fingerprint density at radius 2 is 1.69 bits per heavy atom. The fourth-order valence-corrected chi connectivity index (χ4v) is 4.21. The van der Waals surface area contributed by atoms with Crippen LogP contribution in [0.4, 0.5) is 0 Å². The first-order chi connectivity index (χ1) is 12.5. The van der Waals surface area contributed by atoms with Gasteiger partial charge in [-0.15, -0.1) is 0 Å². The molecule has 3 heterocycles. The number of benzene rings is 1. The van der Waals surface area contributed by atoms with Crippen molar-refractivity contribution in [1.82, 2.24) is 10.2 Å². The Hall–Kier alpha value is -2.74. The number of imide groups is 1. The molecule has 0 radical (unpaired) electrons. The largest absolute Gasteiger partial charge is 0.479 e. The molecule has 0 aliphatic carbocycles. The van der Waals surface area contributed by atoms with Gasteiger partial charge < -0.3 is 15.2 Å². The second kappa shape index (κ2) is 6.21. The minimum atomic E-state index is -1.24. The summed E-state index contributed by atoms with van der Waals surface area (Å²) in [5, 5.41) is 11.8. The Kier molecular flexibility index (Phi) is 3.99. The first kappa shape index (κ1) is 16.7. The van der Waals surface area contributed by atoms with Crippen LogP contribution in [-0.4, -0.2) is 52.4 Å². The van der Waals surface area contributed by atoms with Gasteiger partial charge in [0.2, 0.25) is 17.7 Å². The van der Waals surface area contributed by atoms with E-state index in [9.17, 15) is 24.3 Å². The third kappa shape index (κ3) is 2.57. The molecule has 0 saturated carbocycles. The molecule has 4 unspecified atom stereocenters. The third-order valence-corrected chi connectivity index (χ3v) is 5.36. The lowest BCUT2D eigenvalue weighted by Gasteiger charge is -2.19. The van der Waals surface area contributed by atoms with Crippen LogP contribution in [0, 0.1) is 11.8 Å². The van der Waals surface area contributed by atoms with E-state index in [1.54, 1.807) is 30.3 Å². The molecule has 3 amide bonds. The number of ether oxygens (including phenoxy) is 1.